The number of benzene rings is 1. The van der Waals surface area contributed by atoms with Crippen LogP contribution < -0.4 is 15.1 Å². The van der Waals surface area contributed by atoms with Crippen molar-refractivity contribution in [2.24, 2.45) is 5.92 Å². The molecule has 5 rings (SSSR count). The number of carbonyl (C=O) groups excluding carboxylic acids is 1. The summed E-state index contributed by atoms with van der Waals surface area (Å²) in [4.78, 5) is 22.7. The van der Waals surface area contributed by atoms with Crippen molar-refractivity contribution in [3.05, 3.63) is 42.1 Å². The molecule has 2 fully saturated rings. The van der Waals surface area contributed by atoms with Crippen molar-refractivity contribution in [1.29, 1.82) is 0 Å². The molecule has 1 aliphatic carbocycles. The van der Waals surface area contributed by atoms with Gasteiger partial charge in [-0.3, -0.25) is 4.79 Å². The van der Waals surface area contributed by atoms with E-state index in [1.54, 1.807) is 13.3 Å². The van der Waals surface area contributed by atoms with Crippen LogP contribution in [0.3, 0.4) is 0 Å². The third-order valence-corrected chi connectivity index (χ3v) is 6.84. The lowest BCUT2D eigenvalue weighted by atomic mass is 9.86. The van der Waals surface area contributed by atoms with Crippen LogP contribution in [0.4, 0.5) is 22.9 Å². The lowest BCUT2D eigenvalue weighted by molar-refractivity contribution is -0.124. The minimum absolute atomic E-state index is 0.0536. The SMILES string of the molecule is CO[C@H]1CC[C@H](C(=O)N2Cc3cccnc3Nc3ccc(N4CCCC4)cc32)CC1. The average Bonchev–Trinajstić information content (AvgIpc) is 3.28. The molecule has 2 aromatic rings. The molecule has 3 aliphatic rings. The molecule has 6 heteroatoms. The molecule has 3 heterocycles. The van der Waals surface area contributed by atoms with Crippen LogP contribution in [0.1, 0.15) is 44.1 Å². The van der Waals surface area contributed by atoms with Gasteiger partial charge in [0.15, 0.2) is 0 Å². The van der Waals surface area contributed by atoms with Crippen LogP contribution in [0.2, 0.25) is 0 Å². The monoisotopic (exact) mass is 406 g/mol. The zero-order valence-corrected chi connectivity index (χ0v) is 17.6. The molecule has 2 aliphatic heterocycles. The number of hydrogen-bond acceptors (Lipinski definition) is 5. The van der Waals surface area contributed by atoms with Gasteiger partial charge in [0.25, 0.3) is 0 Å². The van der Waals surface area contributed by atoms with Crippen molar-refractivity contribution < 1.29 is 9.53 Å². The van der Waals surface area contributed by atoms with Crippen LogP contribution in [0.5, 0.6) is 0 Å². The number of ether oxygens (including phenoxy) is 1. The van der Waals surface area contributed by atoms with Crippen LogP contribution in [0, 0.1) is 5.92 Å². The molecule has 6 nitrogen and oxygen atoms in total. The first-order valence-corrected chi connectivity index (χ1v) is 11.2. The van der Waals surface area contributed by atoms with Crippen LogP contribution in [-0.4, -0.2) is 37.2 Å². The molecule has 1 aromatic carbocycles. The number of rotatable bonds is 3. The first kappa shape index (κ1) is 19.4. The molecule has 1 saturated carbocycles. The maximum absolute atomic E-state index is 13.7. The second-order valence-corrected chi connectivity index (χ2v) is 8.67. The summed E-state index contributed by atoms with van der Waals surface area (Å²) < 4.78 is 5.51. The topological polar surface area (TPSA) is 57.7 Å². The highest BCUT2D eigenvalue weighted by atomic mass is 16.5. The smallest absolute Gasteiger partial charge is 0.230 e. The number of nitrogens with zero attached hydrogens (tertiary/aromatic N) is 3. The number of methoxy groups -OCH3 is 1. The van der Waals surface area contributed by atoms with E-state index in [-0.39, 0.29) is 11.8 Å². The van der Waals surface area contributed by atoms with Crippen molar-refractivity contribution in [3.8, 4) is 0 Å². The lowest BCUT2D eigenvalue weighted by Crippen LogP contribution is -2.38. The average molecular weight is 407 g/mol. The van der Waals surface area contributed by atoms with E-state index in [0.717, 1.165) is 61.5 Å². The van der Waals surface area contributed by atoms with Crippen molar-refractivity contribution >= 4 is 28.8 Å². The van der Waals surface area contributed by atoms with Crippen molar-refractivity contribution in [3.63, 3.8) is 0 Å². The Labute approximate surface area is 178 Å². The Morgan fingerprint density at radius 3 is 2.70 bits per heavy atom. The van der Waals surface area contributed by atoms with Gasteiger partial charge < -0.3 is 19.9 Å². The fraction of sp³-hybridized carbons (Fsp3) is 0.500. The van der Waals surface area contributed by atoms with Gasteiger partial charge in [0, 0.05) is 43.6 Å². The standard InChI is InChI=1S/C24H30N4O2/c1-30-20-9-6-17(7-10-20)24(29)28-16-18-5-4-12-25-23(18)26-21-11-8-19(15-22(21)28)27-13-2-3-14-27/h4-5,8,11-12,15,17,20H,2-3,6-7,9-10,13-14,16H2,1H3,(H,25,26)/t17-,20-. The highest BCUT2D eigenvalue weighted by molar-refractivity contribution is 6.00. The summed E-state index contributed by atoms with van der Waals surface area (Å²) >= 11 is 0. The molecule has 30 heavy (non-hydrogen) atoms. The molecule has 1 amide bonds. The van der Waals surface area contributed by atoms with E-state index in [2.05, 4.69) is 39.5 Å². The number of nitrogens with one attached hydrogen (secondary N) is 1. The van der Waals surface area contributed by atoms with Gasteiger partial charge in [-0.2, -0.15) is 0 Å². The molecule has 0 radical (unpaired) electrons. The van der Waals surface area contributed by atoms with E-state index in [0.29, 0.717) is 12.6 Å². The third kappa shape index (κ3) is 3.65. The number of fused-ring (bicyclic) bond motifs is 2. The maximum Gasteiger partial charge on any atom is 0.230 e. The van der Waals surface area contributed by atoms with E-state index < -0.39 is 0 Å². The van der Waals surface area contributed by atoms with Crippen LogP contribution in [0.15, 0.2) is 36.5 Å². The summed E-state index contributed by atoms with van der Waals surface area (Å²) in [5.74, 6) is 1.12. The Balaban J connectivity index is 1.50. The molecule has 0 bridgehead atoms. The first-order chi connectivity index (χ1) is 14.7. The molecule has 0 spiro atoms. The van der Waals surface area contributed by atoms with E-state index >= 15 is 0 Å². The number of amides is 1. The maximum atomic E-state index is 13.7. The molecule has 1 aromatic heterocycles. The summed E-state index contributed by atoms with van der Waals surface area (Å²) in [6, 6.07) is 10.5. The van der Waals surface area contributed by atoms with Gasteiger partial charge in [0.05, 0.1) is 24.0 Å². The number of hydrogen-bond donors (Lipinski definition) is 1. The zero-order chi connectivity index (χ0) is 20.5. The van der Waals surface area contributed by atoms with Crippen molar-refractivity contribution in [1.82, 2.24) is 4.98 Å². The van der Waals surface area contributed by atoms with Gasteiger partial charge in [-0.25, -0.2) is 4.98 Å². The second-order valence-electron chi connectivity index (χ2n) is 8.67. The quantitative estimate of drug-likeness (QED) is 0.815. The van der Waals surface area contributed by atoms with Gasteiger partial charge in [-0.1, -0.05) is 6.07 Å². The number of carbonyl (C=O) groups is 1. The Morgan fingerprint density at radius 1 is 1.13 bits per heavy atom. The van der Waals surface area contributed by atoms with Crippen LogP contribution in [0.25, 0.3) is 0 Å². The zero-order valence-electron chi connectivity index (χ0n) is 17.6. The van der Waals surface area contributed by atoms with Crippen LogP contribution >= 0.6 is 0 Å². The Hall–Kier alpha value is -2.60. The number of pyridine rings is 1. The van der Waals surface area contributed by atoms with Gasteiger partial charge in [-0.15, -0.1) is 0 Å². The highest BCUT2D eigenvalue weighted by Gasteiger charge is 2.33. The molecule has 158 valence electrons. The molecular weight excluding hydrogens is 376 g/mol. The van der Waals surface area contributed by atoms with Crippen molar-refractivity contribution in [2.75, 3.05) is 35.3 Å². The largest absolute Gasteiger partial charge is 0.381 e. The third-order valence-electron chi connectivity index (χ3n) is 6.84. The van der Waals surface area contributed by atoms with Gasteiger partial charge >= 0.3 is 0 Å². The summed E-state index contributed by atoms with van der Waals surface area (Å²) in [7, 11) is 1.77. The minimum Gasteiger partial charge on any atom is -0.381 e. The molecular formula is C24H30N4O2. The predicted octanol–water partition coefficient (Wildman–Crippen LogP) is 4.48. The van der Waals surface area contributed by atoms with Crippen LogP contribution in [-0.2, 0) is 16.1 Å². The first-order valence-electron chi connectivity index (χ1n) is 11.2. The van der Waals surface area contributed by atoms with Crippen molar-refractivity contribution in [2.45, 2.75) is 51.2 Å². The van der Waals surface area contributed by atoms with E-state index in [1.807, 2.05) is 11.0 Å². The Bertz CT molecular complexity index is 917. The Morgan fingerprint density at radius 2 is 1.93 bits per heavy atom. The second kappa shape index (κ2) is 8.26. The Kier molecular flexibility index (Phi) is 5.34. The van der Waals surface area contributed by atoms with Gasteiger partial charge in [0.2, 0.25) is 5.91 Å². The predicted molar refractivity (Wildman–Crippen MR) is 119 cm³/mol. The fourth-order valence-corrected chi connectivity index (χ4v) is 5.05. The fourth-order valence-electron chi connectivity index (χ4n) is 5.05. The lowest BCUT2D eigenvalue weighted by Gasteiger charge is -2.32. The van der Waals surface area contributed by atoms with E-state index in [1.165, 1.54) is 18.5 Å². The van der Waals surface area contributed by atoms with E-state index in [9.17, 15) is 4.79 Å². The summed E-state index contributed by atoms with van der Waals surface area (Å²) in [6.45, 7) is 2.72. The number of anilines is 4. The molecule has 1 saturated heterocycles. The van der Waals surface area contributed by atoms with Gasteiger partial charge in [0.1, 0.15) is 5.82 Å². The molecule has 1 N–H and O–H groups in total. The minimum atomic E-state index is 0.0536. The highest BCUT2D eigenvalue weighted by Crippen LogP contribution is 2.40. The summed E-state index contributed by atoms with van der Waals surface area (Å²) in [5, 5.41) is 3.48. The summed E-state index contributed by atoms with van der Waals surface area (Å²) in [5.41, 5.74) is 4.17. The number of aromatic nitrogens is 1. The van der Waals surface area contributed by atoms with Gasteiger partial charge in [-0.05, 0) is 62.8 Å². The molecule has 0 unspecified atom stereocenters. The van der Waals surface area contributed by atoms with E-state index in [4.69, 9.17) is 4.74 Å². The summed E-state index contributed by atoms with van der Waals surface area (Å²) in [6.07, 6.45) is 8.25. The normalized spacial score (nSPS) is 23.4. The molecule has 0 atom stereocenters.